The quantitative estimate of drug-likeness (QED) is 0.426. The molecule has 3 aromatic rings. The fourth-order valence-corrected chi connectivity index (χ4v) is 3.35. The van der Waals surface area contributed by atoms with Crippen molar-refractivity contribution in [2.75, 3.05) is 30.6 Å². The van der Waals surface area contributed by atoms with Gasteiger partial charge in [0.05, 0.1) is 30.6 Å². The molecule has 1 aromatic heterocycles. The number of benzene rings is 2. The Labute approximate surface area is 169 Å². The van der Waals surface area contributed by atoms with Gasteiger partial charge in [0.15, 0.2) is 0 Å². The molecular formula is C21H24ClN3O3. The first-order chi connectivity index (χ1) is 13.6. The van der Waals surface area contributed by atoms with E-state index in [2.05, 4.69) is 16.8 Å². The summed E-state index contributed by atoms with van der Waals surface area (Å²) >= 11 is 5.60. The van der Waals surface area contributed by atoms with Gasteiger partial charge in [-0.25, -0.2) is 4.79 Å². The van der Waals surface area contributed by atoms with Gasteiger partial charge in [-0.3, -0.25) is 5.32 Å². The number of carbonyl (C=O) groups is 1. The topological polar surface area (TPSA) is 78.5 Å². The Morgan fingerprint density at radius 2 is 2.07 bits per heavy atom. The Bertz CT molecular complexity index is 984. The lowest BCUT2D eigenvalue weighted by atomic mass is 10.1. The summed E-state index contributed by atoms with van der Waals surface area (Å²) in [6.07, 6.45) is 0.113. The largest absolute Gasteiger partial charge is 0.497 e. The second-order valence-electron chi connectivity index (χ2n) is 6.27. The number of fused-ring (bicyclic) bond motifs is 1. The zero-order valence-corrected chi connectivity index (χ0v) is 16.8. The van der Waals surface area contributed by atoms with Crippen LogP contribution in [0.3, 0.4) is 0 Å². The molecule has 6 nitrogen and oxygen atoms in total. The number of carbonyl (C=O) groups excluding carboxylic acids is 1. The van der Waals surface area contributed by atoms with Crippen molar-refractivity contribution < 1.29 is 14.3 Å². The second-order valence-corrected chi connectivity index (χ2v) is 6.65. The number of hydrogen-bond acceptors (Lipinski definition) is 4. The molecule has 0 saturated heterocycles. The van der Waals surface area contributed by atoms with Crippen LogP contribution < -0.4 is 15.8 Å². The number of anilines is 2. The van der Waals surface area contributed by atoms with Crippen molar-refractivity contribution in [3.05, 3.63) is 42.5 Å². The molecule has 0 aliphatic heterocycles. The maximum absolute atomic E-state index is 11.9. The van der Waals surface area contributed by atoms with Crippen LogP contribution in [-0.4, -0.2) is 30.3 Å². The SMILES string of the molecule is CCn1c(-c2cccc(NC(=O)OCCCCl)c2)c(N)c2cc(OC)ccc21. The summed E-state index contributed by atoms with van der Waals surface area (Å²) in [5.41, 5.74) is 10.7. The van der Waals surface area contributed by atoms with Crippen molar-refractivity contribution in [1.82, 2.24) is 4.57 Å². The Kier molecular flexibility index (Phi) is 6.31. The van der Waals surface area contributed by atoms with Crippen molar-refractivity contribution in [3.8, 4) is 17.0 Å². The first kappa shape index (κ1) is 19.9. The summed E-state index contributed by atoms with van der Waals surface area (Å²) in [5.74, 6) is 1.21. The molecule has 1 heterocycles. The molecule has 0 unspecified atom stereocenters. The van der Waals surface area contributed by atoms with Crippen LogP contribution in [0, 0.1) is 0 Å². The molecule has 0 bridgehead atoms. The molecule has 0 aliphatic rings. The summed E-state index contributed by atoms with van der Waals surface area (Å²) in [6, 6.07) is 13.4. The van der Waals surface area contributed by atoms with E-state index in [9.17, 15) is 4.79 Å². The molecule has 2 aromatic carbocycles. The average molecular weight is 402 g/mol. The van der Waals surface area contributed by atoms with E-state index in [1.165, 1.54) is 0 Å². The predicted molar refractivity (Wildman–Crippen MR) is 114 cm³/mol. The van der Waals surface area contributed by atoms with Crippen LogP contribution >= 0.6 is 11.6 Å². The standard InChI is InChI=1S/C21H24ClN3O3/c1-3-25-18-9-8-16(27-2)13-17(18)19(23)20(25)14-6-4-7-15(12-14)24-21(26)28-11-5-10-22/h4,6-9,12-13H,3,5,10-11,23H2,1-2H3,(H,24,26). The molecule has 7 heteroatoms. The maximum Gasteiger partial charge on any atom is 0.411 e. The zero-order valence-electron chi connectivity index (χ0n) is 16.0. The molecule has 0 saturated carbocycles. The average Bonchev–Trinajstić information content (AvgIpc) is 2.99. The van der Waals surface area contributed by atoms with Crippen molar-refractivity contribution in [1.29, 1.82) is 0 Å². The zero-order chi connectivity index (χ0) is 20.1. The van der Waals surface area contributed by atoms with E-state index in [4.69, 9.17) is 26.8 Å². The molecule has 1 amide bonds. The Morgan fingerprint density at radius 3 is 2.79 bits per heavy atom. The number of nitrogens with one attached hydrogen (secondary N) is 1. The summed E-state index contributed by atoms with van der Waals surface area (Å²) in [7, 11) is 1.64. The van der Waals surface area contributed by atoms with E-state index in [1.807, 2.05) is 42.5 Å². The van der Waals surface area contributed by atoms with Crippen molar-refractivity contribution in [2.24, 2.45) is 0 Å². The molecule has 3 N–H and O–H groups in total. The normalized spacial score (nSPS) is 10.8. The number of amides is 1. The van der Waals surface area contributed by atoms with Crippen molar-refractivity contribution >= 4 is 40.0 Å². The first-order valence-corrected chi connectivity index (χ1v) is 9.68. The van der Waals surface area contributed by atoms with E-state index in [-0.39, 0.29) is 6.61 Å². The molecule has 0 radical (unpaired) electrons. The summed E-state index contributed by atoms with van der Waals surface area (Å²) in [4.78, 5) is 11.9. The number of ether oxygens (including phenoxy) is 2. The molecule has 28 heavy (non-hydrogen) atoms. The lowest BCUT2D eigenvalue weighted by Crippen LogP contribution is -2.14. The number of aromatic nitrogens is 1. The summed E-state index contributed by atoms with van der Waals surface area (Å²) in [6.45, 7) is 3.12. The number of alkyl halides is 1. The lowest BCUT2D eigenvalue weighted by Gasteiger charge is -2.11. The Morgan fingerprint density at radius 1 is 1.25 bits per heavy atom. The van der Waals surface area contributed by atoms with Gasteiger partial charge in [-0.1, -0.05) is 12.1 Å². The lowest BCUT2D eigenvalue weighted by molar-refractivity contribution is 0.162. The monoisotopic (exact) mass is 401 g/mol. The van der Waals surface area contributed by atoms with Gasteiger partial charge in [0, 0.05) is 29.1 Å². The minimum Gasteiger partial charge on any atom is -0.497 e. The minimum atomic E-state index is -0.504. The van der Waals surface area contributed by atoms with E-state index in [1.54, 1.807) is 7.11 Å². The predicted octanol–water partition coefficient (Wildman–Crippen LogP) is 5.10. The molecular weight excluding hydrogens is 378 g/mol. The van der Waals surface area contributed by atoms with E-state index in [0.29, 0.717) is 23.7 Å². The van der Waals surface area contributed by atoms with E-state index < -0.39 is 6.09 Å². The third kappa shape index (κ3) is 4.02. The van der Waals surface area contributed by atoms with Crippen molar-refractivity contribution in [2.45, 2.75) is 19.9 Å². The Balaban J connectivity index is 1.96. The Hall–Kier alpha value is -2.86. The van der Waals surface area contributed by atoms with Gasteiger partial charge in [-0.2, -0.15) is 0 Å². The number of hydrogen-bond donors (Lipinski definition) is 2. The number of nitrogens with zero attached hydrogens (tertiary/aromatic N) is 1. The first-order valence-electron chi connectivity index (χ1n) is 9.15. The van der Waals surface area contributed by atoms with Crippen LogP contribution in [0.2, 0.25) is 0 Å². The third-order valence-electron chi connectivity index (χ3n) is 4.52. The van der Waals surface area contributed by atoms with Crippen LogP contribution in [0.5, 0.6) is 5.75 Å². The number of nitrogen functional groups attached to an aromatic ring is 1. The number of nitrogens with two attached hydrogens (primary N) is 1. The van der Waals surface area contributed by atoms with Crippen LogP contribution in [0.4, 0.5) is 16.2 Å². The highest BCUT2D eigenvalue weighted by Crippen LogP contribution is 2.38. The molecule has 148 valence electrons. The maximum atomic E-state index is 11.9. The fourth-order valence-electron chi connectivity index (χ4n) is 3.24. The van der Waals surface area contributed by atoms with E-state index in [0.717, 1.165) is 34.5 Å². The van der Waals surface area contributed by atoms with Crippen LogP contribution in [0.1, 0.15) is 13.3 Å². The molecule has 0 spiro atoms. The van der Waals surface area contributed by atoms with Gasteiger partial charge in [0.25, 0.3) is 0 Å². The molecule has 0 aliphatic carbocycles. The number of halogens is 1. The fraction of sp³-hybridized carbons (Fsp3) is 0.286. The van der Waals surface area contributed by atoms with Crippen LogP contribution in [-0.2, 0) is 11.3 Å². The van der Waals surface area contributed by atoms with Crippen LogP contribution in [0.15, 0.2) is 42.5 Å². The highest BCUT2D eigenvalue weighted by atomic mass is 35.5. The second kappa shape index (κ2) is 8.89. The van der Waals surface area contributed by atoms with Gasteiger partial charge in [-0.15, -0.1) is 11.6 Å². The summed E-state index contributed by atoms with van der Waals surface area (Å²) < 4.78 is 12.6. The highest BCUT2D eigenvalue weighted by molar-refractivity contribution is 6.17. The van der Waals surface area contributed by atoms with Gasteiger partial charge in [0.2, 0.25) is 0 Å². The van der Waals surface area contributed by atoms with Gasteiger partial charge in [0.1, 0.15) is 5.75 Å². The van der Waals surface area contributed by atoms with Crippen molar-refractivity contribution in [3.63, 3.8) is 0 Å². The van der Waals surface area contributed by atoms with Crippen LogP contribution in [0.25, 0.3) is 22.2 Å². The number of rotatable bonds is 7. The third-order valence-corrected chi connectivity index (χ3v) is 4.79. The smallest absolute Gasteiger partial charge is 0.411 e. The highest BCUT2D eigenvalue weighted by Gasteiger charge is 2.17. The molecule has 3 rings (SSSR count). The van der Waals surface area contributed by atoms with Gasteiger partial charge < -0.3 is 19.8 Å². The van der Waals surface area contributed by atoms with Gasteiger partial charge in [-0.05, 0) is 43.7 Å². The summed E-state index contributed by atoms with van der Waals surface area (Å²) in [5, 5.41) is 3.69. The minimum absolute atomic E-state index is 0.286. The van der Waals surface area contributed by atoms with Gasteiger partial charge >= 0.3 is 6.09 Å². The number of methoxy groups -OCH3 is 1. The molecule has 0 atom stereocenters. The molecule has 0 fully saturated rings. The number of aryl methyl sites for hydroxylation is 1. The van der Waals surface area contributed by atoms with E-state index >= 15 is 0 Å².